The third-order valence-corrected chi connectivity index (χ3v) is 8.95. The van der Waals surface area contributed by atoms with Crippen LogP contribution in [0.25, 0.3) is 0 Å². The molecule has 7 heteroatoms. The van der Waals surface area contributed by atoms with Crippen LogP contribution in [-0.2, 0) is 33.4 Å². The molecule has 6 atom stereocenters. The Kier molecular flexibility index (Phi) is 5.45. The van der Waals surface area contributed by atoms with Crippen LogP contribution in [0.1, 0.15) is 72.6 Å². The molecule has 3 fully saturated rings. The lowest BCUT2D eigenvalue weighted by molar-refractivity contribution is -0.191. The molecule has 4 aliphatic carbocycles. The van der Waals surface area contributed by atoms with Gasteiger partial charge < -0.3 is 9.47 Å². The highest BCUT2D eigenvalue weighted by molar-refractivity contribution is 5.96. The van der Waals surface area contributed by atoms with Crippen LogP contribution in [0.4, 0.5) is 0 Å². The van der Waals surface area contributed by atoms with Gasteiger partial charge in [-0.15, -0.1) is 0 Å². The summed E-state index contributed by atoms with van der Waals surface area (Å²) in [6.07, 6.45) is 5.55. The maximum absolute atomic E-state index is 13.7. The molecule has 6 unspecified atom stereocenters. The van der Waals surface area contributed by atoms with Gasteiger partial charge in [0.25, 0.3) is 0 Å². The number of fused-ring (bicyclic) bond motifs is 5. The van der Waals surface area contributed by atoms with E-state index in [1.165, 1.54) is 13.8 Å². The predicted octanol–water partition coefficient (Wildman–Crippen LogP) is 3.13. The van der Waals surface area contributed by atoms with Gasteiger partial charge in [-0.1, -0.05) is 19.4 Å². The second-order valence-corrected chi connectivity index (χ2v) is 10.6. The molecular formula is C25H32O7. The highest BCUT2D eigenvalue weighted by Crippen LogP contribution is 2.67. The first kappa shape index (κ1) is 22.9. The molecule has 3 saturated carbocycles. The number of carbonyl (C=O) groups excluding carboxylic acids is 5. The van der Waals surface area contributed by atoms with E-state index >= 15 is 0 Å². The van der Waals surface area contributed by atoms with Gasteiger partial charge in [0.2, 0.25) is 5.78 Å². The SMILES string of the molecule is CC(=O)OCC(=O)C1(OC(C)=O)CCC2C3CCC4=CC(=O)CCC4(C)C3C(=O)CC21C. The van der Waals surface area contributed by atoms with E-state index in [1.54, 1.807) is 6.08 Å². The summed E-state index contributed by atoms with van der Waals surface area (Å²) in [6.45, 7) is 6.03. The van der Waals surface area contributed by atoms with Crippen LogP contribution in [0.15, 0.2) is 11.6 Å². The number of ketones is 3. The Morgan fingerprint density at radius 1 is 1.03 bits per heavy atom. The summed E-state index contributed by atoms with van der Waals surface area (Å²) in [5.74, 6) is -1.50. The number of hydrogen-bond acceptors (Lipinski definition) is 7. The summed E-state index contributed by atoms with van der Waals surface area (Å²) in [4.78, 5) is 62.5. The Morgan fingerprint density at radius 3 is 2.41 bits per heavy atom. The maximum atomic E-state index is 13.7. The minimum Gasteiger partial charge on any atom is -0.458 e. The third-order valence-electron chi connectivity index (χ3n) is 8.95. The second kappa shape index (κ2) is 7.63. The topological polar surface area (TPSA) is 104 Å². The lowest BCUT2D eigenvalue weighted by Gasteiger charge is -2.58. The number of rotatable bonds is 4. The molecule has 0 amide bonds. The van der Waals surface area contributed by atoms with Crippen molar-refractivity contribution in [3.05, 3.63) is 11.6 Å². The molecule has 0 aromatic rings. The third kappa shape index (κ3) is 3.19. The van der Waals surface area contributed by atoms with Crippen molar-refractivity contribution in [3.63, 3.8) is 0 Å². The number of hydrogen-bond donors (Lipinski definition) is 0. The van der Waals surface area contributed by atoms with Crippen molar-refractivity contribution in [2.75, 3.05) is 6.61 Å². The average Bonchev–Trinajstić information content (AvgIpc) is 2.98. The summed E-state index contributed by atoms with van der Waals surface area (Å²) < 4.78 is 10.7. The Hall–Kier alpha value is -2.31. The molecule has 0 saturated heterocycles. The molecular weight excluding hydrogens is 412 g/mol. The Balaban J connectivity index is 1.73. The summed E-state index contributed by atoms with van der Waals surface area (Å²) in [5.41, 5.74) is -1.57. The lowest BCUT2D eigenvalue weighted by Crippen LogP contribution is -2.62. The van der Waals surface area contributed by atoms with Crippen LogP contribution < -0.4 is 0 Å². The van der Waals surface area contributed by atoms with Gasteiger partial charge in [0.05, 0.1) is 0 Å². The minimum atomic E-state index is -1.47. The van der Waals surface area contributed by atoms with Crippen molar-refractivity contribution in [2.45, 2.75) is 78.2 Å². The molecule has 4 aliphatic rings. The first-order valence-electron chi connectivity index (χ1n) is 11.6. The molecule has 0 radical (unpaired) electrons. The van der Waals surface area contributed by atoms with E-state index in [2.05, 4.69) is 6.92 Å². The number of ether oxygens (including phenoxy) is 2. The summed E-state index contributed by atoms with van der Waals surface area (Å²) in [6, 6.07) is 0. The van der Waals surface area contributed by atoms with E-state index in [4.69, 9.17) is 9.47 Å². The fraction of sp³-hybridized carbons (Fsp3) is 0.720. The zero-order valence-electron chi connectivity index (χ0n) is 19.3. The Morgan fingerprint density at radius 2 is 1.75 bits per heavy atom. The van der Waals surface area contributed by atoms with Crippen LogP contribution in [0.2, 0.25) is 0 Å². The lowest BCUT2D eigenvalue weighted by atomic mass is 9.46. The van der Waals surface area contributed by atoms with Crippen molar-refractivity contribution < 1.29 is 33.4 Å². The molecule has 0 aliphatic heterocycles. The number of carbonyl (C=O) groups is 5. The van der Waals surface area contributed by atoms with Gasteiger partial charge in [-0.05, 0) is 55.4 Å². The van der Waals surface area contributed by atoms with Crippen LogP contribution in [-0.4, -0.2) is 41.5 Å². The highest BCUT2D eigenvalue weighted by Gasteiger charge is 2.70. The van der Waals surface area contributed by atoms with Crippen LogP contribution in [0.5, 0.6) is 0 Å². The average molecular weight is 445 g/mol. The summed E-state index contributed by atoms with van der Waals surface area (Å²) in [7, 11) is 0. The van der Waals surface area contributed by atoms with Gasteiger partial charge in [0.15, 0.2) is 18.0 Å². The van der Waals surface area contributed by atoms with Crippen molar-refractivity contribution in [1.82, 2.24) is 0 Å². The first-order chi connectivity index (χ1) is 14.9. The van der Waals surface area contributed by atoms with Crippen LogP contribution in [0, 0.1) is 28.6 Å². The Labute approximate surface area is 188 Å². The molecule has 0 spiro atoms. The number of Topliss-reactive ketones (excluding diaryl/α,β-unsaturated/α-hetero) is 2. The normalized spacial score (nSPS) is 40.5. The summed E-state index contributed by atoms with van der Waals surface area (Å²) >= 11 is 0. The van der Waals surface area contributed by atoms with Gasteiger partial charge in [-0.25, -0.2) is 0 Å². The largest absolute Gasteiger partial charge is 0.458 e. The van der Waals surface area contributed by atoms with Gasteiger partial charge >= 0.3 is 11.9 Å². The molecule has 174 valence electrons. The number of allylic oxidation sites excluding steroid dienone is 1. The van der Waals surface area contributed by atoms with E-state index in [0.717, 1.165) is 18.4 Å². The minimum absolute atomic E-state index is 0.0295. The molecule has 0 bridgehead atoms. The van der Waals surface area contributed by atoms with E-state index in [0.29, 0.717) is 25.7 Å². The summed E-state index contributed by atoms with van der Waals surface area (Å²) in [5, 5.41) is 0. The first-order valence-corrected chi connectivity index (χ1v) is 11.6. The molecule has 0 aromatic heterocycles. The standard InChI is InChI=1S/C25H32O7/c1-14(26)31-13-21(30)25(32-15(2)27)10-8-19-18-6-5-16-11-17(28)7-9-23(16,3)22(18)20(29)12-24(19,25)4/h11,18-19,22H,5-10,12-13H2,1-4H3. The maximum Gasteiger partial charge on any atom is 0.303 e. The fourth-order valence-electron chi connectivity index (χ4n) is 7.58. The van der Waals surface area contributed by atoms with Crippen molar-refractivity contribution in [1.29, 1.82) is 0 Å². The smallest absolute Gasteiger partial charge is 0.303 e. The van der Waals surface area contributed by atoms with Crippen molar-refractivity contribution >= 4 is 29.3 Å². The van der Waals surface area contributed by atoms with Gasteiger partial charge in [0.1, 0.15) is 5.78 Å². The van der Waals surface area contributed by atoms with Crippen LogP contribution in [0.3, 0.4) is 0 Å². The molecule has 7 nitrogen and oxygen atoms in total. The predicted molar refractivity (Wildman–Crippen MR) is 113 cm³/mol. The zero-order valence-corrected chi connectivity index (χ0v) is 19.3. The van der Waals surface area contributed by atoms with Crippen molar-refractivity contribution in [3.8, 4) is 0 Å². The monoisotopic (exact) mass is 444 g/mol. The molecule has 32 heavy (non-hydrogen) atoms. The van der Waals surface area contributed by atoms with Gasteiger partial charge in [-0.3, -0.25) is 24.0 Å². The molecule has 4 rings (SSSR count). The second-order valence-electron chi connectivity index (χ2n) is 10.6. The van der Waals surface area contributed by atoms with E-state index in [-0.39, 0.29) is 41.2 Å². The highest BCUT2D eigenvalue weighted by atomic mass is 16.6. The van der Waals surface area contributed by atoms with Gasteiger partial charge in [0, 0.05) is 38.0 Å². The van der Waals surface area contributed by atoms with E-state index < -0.39 is 35.3 Å². The molecule has 0 aromatic carbocycles. The molecule has 0 N–H and O–H groups in total. The van der Waals surface area contributed by atoms with Crippen molar-refractivity contribution in [2.24, 2.45) is 28.6 Å². The molecule has 0 heterocycles. The van der Waals surface area contributed by atoms with E-state index in [1.807, 2.05) is 6.92 Å². The zero-order chi connectivity index (χ0) is 23.5. The fourth-order valence-corrected chi connectivity index (χ4v) is 7.58. The number of esters is 2. The van der Waals surface area contributed by atoms with Gasteiger partial charge in [-0.2, -0.15) is 0 Å². The Bertz CT molecular complexity index is 933. The van der Waals surface area contributed by atoms with Crippen LogP contribution >= 0.6 is 0 Å². The quantitative estimate of drug-likeness (QED) is 0.614. The van der Waals surface area contributed by atoms with E-state index in [9.17, 15) is 24.0 Å².